The molecule has 2 fully saturated rings. The van der Waals surface area contributed by atoms with Gasteiger partial charge in [0.25, 0.3) is 0 Å². The van der Waals surface area contributed by atoms with Crippen molar-refractivity contribution in [2.75, 3.05) is 7.11 Å². The molecule has 2 atom stereocenters. The van der Waals surface area contributed by atoms with Gasteiger partial charge in [0.2, 0.25) is 0 Å². The highest BCUT2D eigenvalue weighted by molar-refractivity contribution is 5.88. The Balaban J connectivity index is 1.92. The number of piperidine rings is 1. The van der Waals surface area contributed by atoms with Gasteiger partial charge in [0.15, 0.2) is 0 Å². The smallest absolute Gasteiger partial charge is 0.125 e. The molecule has 2 aliphatic rings. The number of nitrogens with one attached hydrogen (secondary N) is 1. The van der Waals surface area contributed by atoms with Crippen molar-refractivity contribution in [3.05, 3.63) is 42.0 Å². The van der Waals surface area contributed by atoms with E-state index in [1.54, 1.807) is 7.11 Å². The Morgan fingerprint density at radius 3 is 2.52 bits per heavy atom. The van der Waals surface area contributed by atoms with E-state index < -0.39 is 5.60 Å². The summed E-state index contributed by atoms with van der Waals surface area (Å²) in [5.74, 6) is 0.803. The molecule has 2 unspecified atom stereocenters. The second kappa shape index (κ2) is 4.72. The molecule has 3 heteroatoms. The molecule has 0 amide bonds. The van der Waals surface area contributed by atoms with E-state index in [1.807, 2.05) is 18.2 Å². The number of hydrogen-bond acceptors (Lipinski definition) is 3. The van der Waals surface area contributed by atoms with Gasteiger partial charge < -0.3 is 15.2 Å². The van der Waals surface area contributed by atoms with Crippen LogP contribution in [0.2, 0.25) is 0 Å². The highest BCUT2D eigenvalue weighted by atomic mass is 16.5. The van der Waals surface area contributed by atoms with Gasteiger partial charge in [0.05, 0.1) is 12.7 Å². The highest BCUT2D eigenvalue weighted by Crippen LogP contribution is 2.46. The van der Waals surface area contributed by atoms with E-state index in [0.717, 1.165) is 34.9 Å². The van der Waals surface area contributed by atoms with E-state index >= 15 is 0 Å². The average Bonchev–Trinajstić information content (AvgIpc) is 2.85. The minimum atomic E-state index is -0.788. The molecule has 0 radical (unpaired) electrons. The maximum absolute atomic E-state index is 11.4. The topological polar surface area (TPSA) is 41.5 Å². The van der Waals surface area contributed by atoms with Crippen molar-refractivity contribution in [3.63, 3.8) is 0 Å². The third kappa shape index (κ3) is 2.03. The number of methoxy groups -OCH3 is 1. The summed E-state index contributed by atoms with van der Waals surface area (Å²) in [5, 5.41) is 17.3. The lowest BCUT2D eigenvalue weighted by Gasteiger charge is -2.38. The molecule has 4 rings (SSSR count). The van der Waals surface area contributed by atoms with E-state index in [9.17, 15) is 5.11 Å². The molecule has 21 heavy (non-hydrogen) atoms. The largest absolute Gasteiger partial charge is 0.496 e. The SMILES string of the molecule is COc1ccc2ccccc2c1C1(O)CC2CCC(C1)N2. The van der Waals surface area contributed by atoms with Crippen LogP contribution in [0, 0.1) is 0 Å². The van der Waals surface area contributed by atoms with Crippen LogP contribution >= 0.6 is 0 Å². The molecule has 0 aromatic heterocycles. The molecule has 2 bridgehead atoms. The summed E-state index contributed by atoms with van der Waals surface area (Å²) < 4.78 is 5.58. The zero-order valence-electron chi connectivity index (χ0n) is 12.3. The van der Waals surface area contributed by atoms with Gasteiger partial charge in [-0.25, -0.2) is 0 Å². The van der Waals surface area contributed by atoms with E-state index in [2.05, 4.69) is 23.5 Å². The van der Waals surface area contributed by atoms with Crippen LogP contribution in [0.4, 0.5) is 0 Å². The van der Waals surface area contributed by atoms with Gasteiger partial charge in [-0.2, -0.15) is 0 Å². The van der Waals surface area contributed by atoms with Gasteiger partial charge in [0, 0.05) is 17.6 Å². The van der Waals surface area contributed by atoms with Crippen LogP contribution < -0.4 is 10.1 Å². The van der Waals surface area contributed by atoms with E-state index in [-0.39, 0.29) is 0 Å². The molecule has 2 aromatic carbocycles. The molecule has 0 spiro atoms. The van der Waals surface area contributed by atoms with Crippen LogP contribution in [-0.4, -0.2) is 24.3 Å². The zero-order valence-corrected chi connectivity index (χ0v) is 12.3. The fourth-order valence-corrected chi connectivity index (χ4v) is 4.23. The Morgan fingerprint density at radius 1 is 1.10 bits per heavy atom. The number of fused-ring (bicyclic) bond motifs is 3. The van der Waals surface area contributed by atoms with Crippen molar-refractivity contribution in [2.45, 2.75) is 43.4 Å². The second-order valence-corrected chi connectivity index (χ2v) is 6.44. The summed E-state index contributed by atoms with van der Waals surface area (Å²) in [6.45, 7) is 0. The normalized spacial score (nSPS) is 31.5. The Kier molecular flexibility index (Phi) is 2.95. The maximum Gasteiger partial charge on any atom is 0.125 e. The first kappa shape index (κ1) is 13.1. The quantitative estimate of drug-likeness (QED) is 0.890. The van der Waals surface area contributed by atoms with E-state index in [0.29, 0.717) is 12.1 Å². The maximum atomic E-state index is 11.4. The molecule has 2 aromatic rings. The van der Waals surface area contributed by atoms with Crippen LogP contribution in [0.25, 0.3) is 10.8 Å². The molecule has 2 aliphatic heterocycles. The summed E-state index contributed by atoms with van der Waals surface area (Å²) in [7, 11) is 1.69. The number of aliphatic hydroxyl groups is 1. The number of hydrogen-bond donors (Lipinski definition) is 2. The Labute approximate surface area is 124 Å². The van der Waals surface area contributed by atoms with Crippen molar-refractivity contribution in [3.8, 4) is 5.75 Å². The van der Waals surface area contributed by atoms with Crippen molar-refractivity contribution in [2.24, 2.45) is 0 Å². The zero-order chi connectivity index (χ0) is 14.4. The Hall–Kier alpha value is -1.58. The molecule has 3 nitrogen and oxygen atoms in total. The lowest BCUT2D eigenvalue weighted by atomic mass is 9.79. The molecular weight excluding hydrogens is 262 g/mol. The van der Waals surface area contributed by atoms with E-state index in [1.165, 1.54) is 12.8 Å². The molecule has 2 N–H and O–H groups in total. The average molecular weight is 283 g/mol. The number of ether oxygens (including phenoxy) is 1. The van der Waals surface area contributed by atoms with Gasteiger partial charge in [-0.05, 0) is 42.5 Å². The van der Waals surface area contributed by atoms with Crippen molar-refractivity contribution >= 4 is 10.8 Å². The first-order chi connectivity index (χ1) is 10.2. The summed E-state index contributed by atoms with van der Waals surface area (Å²) in [6, 6.07) is 13.2. The lowest BCUT2D eigenvalue weighted by Crippen LogP contribution is -2.46. The molecule has 110 valence electrons. The standard InChI is InChI=1S/C18H21NO2/c1-21-16-9-6-12-4-2-3-5-15(12)17(16)18(20)10-13-7-8-14(11-18)19-13/h2-6,9,13-14,19-20H,7-8,10-11H2,1H3. The monoisotopic (exact) mass is 283 g/mol. The van der Waals surface area contributed by atoms with Crippen LogP contribution in [0.5, 0.6) is 5.75 Å². The molecular formula is C18H21NO2. The first-order valence-electron chi connectivity index (χ1n) is 7.74. The van der Waals surface area contributed by atoms with Gasteiger partial charge in [-0.3, -0.25) is 0 Å². The minimum Gasteiger partial charge on any atom is -0.496 e. The fourth-order valence-electron chi connectivity index (χ4n) is 4.23. The minimum absolute atomic E-state index is 0.428. The second-order valence-electron chi connectivity index (χ2n) is 6.44. The number of benzene rings is 2. The van der Waals surface area contributed by atoms with Crippen LogP contribution in [0.15, 0.2) is 36.4 Å². The summed E-state index contributed by atoms with van der Waals surface area (Å²) in [4.78, 5) is 0. The third-order valence-corrected chi connectivity index (χ3v) is 5.08. The third-order valence-electron chi connectivity index (χ3n) is 5.08. The Morgan fingerprint density at radius 2 is 1.81 bits per heavy atom. The van der Waals surface area contributed by atoms with Crippen LogP contribution in [0.3, 0.4) is 0 Å². The van der Waals surface area contributed by atoms with Crippen molar-refractivity contribution < 1.29 is 9.84 Å². The summed E-state index contributed by atoms with van der Waals surface area (Å²) in [6.07, 6.45) is 3.88. The fraction of sp³-hybridized carbons (Fsp3) is 0.444. The summed E-state index contributed by atoms with van der Waals surface area (Å²) in [5.41, 5.74) is 0.185. The molecule has 2 heterocycles. The van der Waals surface area contributed by atoms with Gasteiger partial charge in [-0.15, -0.1) is 0 Å². The molecule has 0 aliphatic carbocycles. The number of rotatable bonds is 2. The van der Waals surface area contributed by atoms with Gasteiger partial charge in [0.1, 0.15) is 5.75 Å². The first-order valence-corrected chi connectivity index (χ1v) is 7.74. The van der Waals surface area contributed by atoms with Crippen LogP contribution in [-0.2, 0) is 5.60 Å². The van der Waals surface area contributed by atoms with Gasteiger partial charge in [-0.1, -0.05) is 30.3 Å². The lowest BCUT2D eigenvalue weighted by molar-refractivity contribution is -0.0118. The van der Waals surface area contributed by atoms with Crippen LogP contribution in [0.1, 0.15) is 31.2 Å². The predicted octanol–water partition coefficient (Wildman–Crippen LogP) is 2.95. The molecule has 0 saturated carbocycles. The van der Waals surface area contributed by atoms with E-state index in [4.69, 9.17) is 4.74 Å². The highest BCUT2D eigenvalue weighted by Gasteiger charge is 2.45. The van der Waals surface area contributed by atoms with Crippen molar-refractivity contribution in [1.82, 2.24) is 5.32 Å². The molecule has 2 saturated heterocycles. The Bertz CT molecular complexity index is 670. The predicted molar refractivity (Wildman–Crippen MR) is 83.6 cm³/mol. The van der Waals surface area contributed by atoms with Crippen molar-refractivity contribution in [1.29, 1.82) is 0 Å². The summed E-state index contributed by atoms with van der Waals surface area (Å²) >= 11 is 0. The van der Waals surface area contributed by atoms with Gasteiger partial charge >= 0.3 is 0 Å².